The first kappa shape index (κ1) is 13.3. The molecular formula is C12H15ClN6O. The summed E-state index contributed by atoms with van der Waals surface area (Å²) < 4.78 is 1.55. The maximum atomic E-state index is 9.30. The fraction of sp³-hybridized carbons (Fsp3) is 0.500. The molecule has 1 fully saturated rings. The van der Waals surface area contributed by atoms with E-state index in [9.17, 15) is 5.11 Å². The van der Waals surface area contributed by atoms with Gasteiger partial charge in [-0.05, 0) is 36.4 Å². The van der Waals surface area contributed by atoms with Crippen LogP contribution in [0.15, 0.2) is 18.5 Å². The van der Waals surface area contributed by atoms with Crippen molar-refractivity contribution in [2.75, 3.05) is 24.6 Å². The lowest BCUT2D eigenvalue weighted by Crippen LogP contribution is -2.38. The highest BCUT2D eigenvalue weighted by atomic mass is 35.5. The zero-order valence-electron chi connectivity index (χ0n) is 10.9. The second kappa shape index (κ2) is 5.72. The molecule has 0 aliphatic carbocycles. The minimum atomic E-state index is 0.145. The zero-order chi connectivity index (χ0) is 13.9. The molecule has 1 saturated heterocycles. The molecule has 2 aromatic rings. The predicted molar refractivity (Wildman–Crippen MR) is 74.0 cm³/mol. The van der Waals surface area contributed by atoms with Crippen LogP contribution in [0.1, 0.15) is 12.8 Å². The van der Waals surface area contributed by atoms with Crippen molar-refractivity contribution in [2.45, 2.75) is 12.8 Å². The molecule has 1 N–H and O–H groups in total. The number of hydrogen-bond acceptors (Lipinski definition) is 6. The van der Waals surface area contributed by atoms with Crippen LogP contribution >= 0.6 is 11.6 Å². The molecule has 106 valence electrons. The Morgan fingerprint density at radius 1 is 1.30 bits per heavy atom. The minimum absolute atomic E-state index is 0.145. The topological polar surface area (TPSA) is 80.0 Å². The summed E-state index contributed by atoms with van der Waals surface area (Å²) in [5.41, 5.74) is 0. The second-order valence-corrected chi connectivity index (χ2v) is 5.13. The van der Waals surface area contributed by atoms with Gasteiger partial charge >= 0.3 is 0 Å². The molecule has 0 radical (unpaired) electrons. The number of piperidine rings is 1. The molecule has 2 aromatic heterocycles. The number of hydrogen-bond donors (Lipinski definition) is 1. The summed E-state index contributed by atoms with van der Waals surface area (Å²) in [4.78, 5) is 14.7. The Kier molecular flexibility index (Phi) is 3.79. The van der Waals surface area contributed by atoms with Gasteiger partial charge < -0.3 is 10.0 Å². The van der Waals surface area contributed by atoms with Crippen LogP contribution in [-0.4, -0.2) is 49.5 Å². The maximum Gasteiger partial charge on any atom is 0.256 e. The number of nitrogens with zero attached hydrogens (tertiary/aromatic N) is 6. The molecule has 0 aromatic carbocycles. The van der Waals surface area contributed by atoms with Crippen LogP contribution in [-0.2, 0) is 0 Å². The average Bonchev–Trinajstić information content (AvgIpc) is 3.01. The van der Waals surface area contributed by atoms with Crippen molar-refractivity contribution in [3.63, 3.8) is 0 Å². The molecule has 0 saturated carbocycles. The summed E-state index contributed by atoms with van der Waals surface area (Å²) in [6.07, 6.45) is 5.44. The summed E-state index contributed by atoms with van der Waals surface area (Å²) in [5, 5.41) is 13.5. The number of anilines is 1. The molecule has 1 aliphatic rings. The van der Waals surface area contributed by atoms with E-state index in [0.717, 1.165) is 25.9 Å². The van der Waals surface area contributed by atoms with Gasteiger partial charge in [-0.3, -0.25) is 0 Å². The van der Waals surface area contributed by atoms with Crippen molar-refractivity contribution in [3.05, 3.63) is 23.7 Å². The van der Waals surface area contributed by atoms with E-state index in [2.05, 4.69) is 20.1 Å². The Labute approximate surface area is 121 Å². The highest BCUT2D eigenvalue weighted by Crippen LogP contribution is 2.21. The van der Waals surface area contributed by atoms with E-state index in [0.29, 0.717) is 11.9 Å². The molecule has 3 heterocycles. The van der Waals surface area contributed by atoms with Crippen LogP contribution in [0.5, 0.6) is 0 Å². The van der Waals surface area contributed by atoms with E-state index in [-0.39, 0.29) is 17.8 Å². The standard InChI is InChI=1S/C12H15ClN6O/c13-10-15-11(18-5-1-3-9(7-18)8-20)17-12(16-10)19-6-2-4-14-19/h2,4,6,9,20H,1,3,5,7-8H2. The largest absolute Gasteiger partial charge is 0.396 e. The normalized spacial score (nSPS) is 19.3. The van der Waals surface area contributed by atoms with E-state index in [1.165, 1.54) is 0 Å². The third-order valence-electron chi connectivity index (χ3n) is 3.35. The number of aliphatic hydroxyl groups is 1. The smallest absolute Gasteiger partial charge is 0.256 e. The SMILES string of the molecule is OCC1CCCN(c2nc(Cl)nc(-n3cccn3)n2)C1. The lowest BCUT2D eigenvalue weighted by atomic mass is 9.99. The maximum absolute atomic E-state index is 9.30. The van der Waals surface area contributed by atoms with Gasteiger partial charge in [0, 0.05) is 32.1 Å². The minimum Gasteiger partial charge on any atom is -0.396 e. The number of halogens is 1. The fourth-order valence-electron chi connectivity index (χ4n) is 2.36. The summed E-state index contributed by atoms with van der Waals surface area (Å²) in [5.74, 6) is 1.19. The summed E-state index contributed by atoms with van der Waals surface area (Å²) >= 11 is 5.98. The van der Waals surface area contributed by atoms with E-state index in [1.54, 1.807) is 23.1 Å². The molecule has 0 bridgehead atoms. The third-order valence-corrected chi connectivity index (χ3v) is 3.52. The van der Waals surface area contributed by atoms with Gasteiger partial charge in [-0.15, -0.1) is 0 Å². The Morgan fingerprint density at radius 2 is 2.15 bits per heavy atom. The van der Waals surface area contributed by atoms with Crippen molar-refractivity contribution in [2.24, 2.45) is 5.92 Å². The fourth-order valence-corrected chi connectivity index (χ4v) is 2.51. The first-order chi connectivity index (χ1) is 9.76. The molecule has 1 unspecified atom stereocenters. The van der Waals surface area contributed by atoms with Crippen LogP contribution in [0, 0.1) is 5.92 Å². The first-order valence-electron chi connectivity index (χ1n) is 6.53. The highest BCUT2D eigenvalue weighted by molar-refractivity contribution is 6.28. The van der Waals surface area contributed by atoms with Gasteiger partial charge in [0.2, 0.25) is 11.2 Å². The average molecular weight is 295 g/mol. The van der Waals surface area contributed by atoms with Crippen LogP contribution in [0.4, 0.5) is 5.95 Å². The second-order valence-electron chi connectivity index (χ2n) is 4.79. The quantitative estimate of drug-likeness (QED) is 0.907. The van der Waals surface area contributed by atoms with Crippen molar-refractivity contribution < 1.29 is 5.11 Å². The van der Waals surface area contributed by atoms with Crippen molar-refractivity contribution in [3.8, 4) is 5.95 Å². The van der Waals surface area contributed by atoms with E-state index in [4.69, 9.17) is 11.6 Å². The molecule has 1 atom stereocenters. The Bertz CT molecular complexity index is 575. The number of rotatable bonds is 3. The predicted octanol–water partition coefficient (Wildman–Crippen LogP) is 0.919. The number of aromatic nitrogens is 5. The van der Waals surface area contributed by atoms with E-state index in [1.807, 2.05) is 4.90 Å². The van der Waals surface area contributed by atoms with Crippen LogP contribution in [0.3, 0.4) is 0 Å². The summed E-state index contributed by atoms with van der Waals surface area (Å²) in [7, 11) is 0. The molecule has 0 spiro atoms. The van der Waals surface area contributed by atoms with E-state index >= 15 is 0 Å². The monoisotopic (exact) mass is 294 g/mol. The Hall–Kier alpha value is -1.73. The van der Waals surface area contributed by atoms with Gasteiger partial charge in [0.25, 0.3) is 5.95 Å². The molecular weight excluding hydrogens is 280 g/mol. The van der Waals surface area contributed by atoms with Crippen molar-refractivity contribution >= 4 is 17.5 Å². The zero-order valence-corrected chi connectivity index (χ0v) is 11.6. The van der Waals surface area contributed by atoms with Crippen molar-refractivity contribution in [1.82, 2.24) is 24.7 Å². The molecule has 7 nitrogen and oxygen atoms in total. The van der Waals surface area contributed by atoms with Crippen LogP contribution in [0.2, 0.25) is 5.28 Å². The number of aliphatic hydroxyl groups excluding tert-OH is 1. The molecule has 0 amide bonds. The lowest BCUT2D eigenvalue weighted by molar-refractivity contribution is 0.208. The van der Waals surface area contributed by atoms with Gasteiger partial charge in [0.05, 0.1) is 0 Å². The van der Waals surface area contributed by atoms with Gasteiger partial charge in [0.1, 0.15) is 0 Å². The molecule has 3 rings (SSSR count). The summed E-state index contributed by atoms with van der Waals surface area (Å²) in [6, 6.07) is 1.79. The summed E-state index contributed by atoms with van der Waals surface area (Å²) in [6.45, 7) is 1.77. The molecule has 8 heteroatoms. The third kappa shape index (κ3) is 2.73. The van der Waals surface area contributed by atoms with Gasteiger partial charge in [-0.25, -0.2) is 4.68 Å². The van der Waals surface area contributed by atoms with Crippen LogP contribution < -0.4 is 4.90 Å². The Morgan fingerprint density at radius 3 is 2.90 bits per heavy atom. The van der Waals surface area contributed by atoms with Gasteiger partial charge in [0.15, 0.2) is 0 Å². The first-order valence-corrected chi connectivity index (χ1v) is 6.91. The van der Waals surface area contributed by atoms with Crippen LogP contribution in [0.25, 0.3) is 5.95 Å². The van der Waals surface area contributed by atoms with Gasteiger partial charge in [-0.1, -0.05) is 0 Å². The molecule has 1 aliphatic heterocycles. The Balaban J connectivity index is 1.89. The van der Waals surface area contributed by atoms with E-state index < -0.39 is 0 Å². The van der Waals surface area contributed by atoms with Gasteiger partial charge in [-0.2, -0.15) is 20.1 Å². The van der Waals surface area contributed by atoms with Crippen molar-refractivity contribution in [1.29, 1.82) is 0 Å². The lowest BCUT2D eigenvalue weighted by Gasteiger charge is -2.31. The molecule has 20 heavy (non-hydrogen) atoms. The highest BCUT2D eigenvalue weighted by Gasteiger charge is 2.22.